The Labute approximate surface area is 218 Å². The lowest BCUT2D eigenvalue weighted by atomic mass is 9.92. The quantitative estimate of drug-likeness (QED) is 0.325. The number of benzene rings is 3. The van der Waals surface area contributed by atoms with Gasteiger partial charge in [0.05, 0.1) is 16.2 Å². The van der Waals surface area contributed by atoms with Crippen LogP contribution in [0.4, 0.5) is 5.69 Å². The standard InChI is InChI=1S/C27H21N5O5S/c1-17-3-7-20(8-4-17)26-23(15-28)25(19-9-11-21(12-10-19)32(34)35)24(16-29)27(33)31(26)30-38(36,37)22-13-5-18(2)6-14-22/h3-14,30,32,34H,1-2H3. The van der Waals surface area contributed by atoms with Crippen molar-refractivity contribution in [2.75, 3.05) is 4.83 Å². The minimum Gasteiger partial charge on any atom is -0.595 e. The van der Waals surface area contributed by atoms with Crippen molar-refractivity contribution >= 4 is 15.7 Å². The summed E-state index contributed by atoms with van der Waals surface area (Å²) in [5, 5.41) is 39.6. The average Bonchev–Trinajstić information content (AvgIpc) is 2.90. The molecule has 0 aliphatic heterocycles. The lowest BCUT2D eigenvalue weighted by Gasteiger charge is -2.20. The summed E-state index contributed by atoms with van der Waals surface area (Å²) in [6, 6.07) is 21.9. The molecule has 3 aromatic carbocycles. The number of nitriles is 2. The number of sulfonamides is 1. The molecule has 4 aromatic rings. The number of aromatic nitrogens is 1. The Kier molecular flexibility index (Phi) is 7.12. The van der Waals surface area contributed by atoms with Gasteiger partial charge in [-0.2, -0.15) is 24.2 Å². The van der Waals surface area contributed by atoms with Gasteiger partial charge in [-0.25, -0.2) is 14.7 Å². The molecule has 190 valence electrons. The van der Waals surface area contributed by atoms with Crippen LogP contribution < -0.4 is 15.6 Å². The summed E-state index contributed by atoms with van der Waals surface area (Å²) in [6.45, 7) is 3.64. The predicted molar refractivity (Wildman–Crippen MR) is 139 cm³/mol. The largest absolute Gasteiger partial charge is 0.595 e. The van der Waals surface area contributed by atoms with Gasteiger partial charge < -0.3 is 5.21 Å². The molecule has 0 bridgehead atoms. The number of nitrogens with one attached hydrogen (secondary N) is 2. The smallest absolute Gasteiger partial charge is 0.288 e. The van der Waals surface area contributed by atoms with Gasteiger partial charge in [0.15, 0.2) is 5.69 Å². The third-order valence-corrected chi connectivity index (χ3v) is 7.20. The number of hydrogen-bond donors (Lipinski definition) is 3. The summed E-state index contributed by atoms with van der Waals surface area (Å²) in [5.74, 6) is 0. The van der Waals surface area contributed by atoms with Crippen molar-refractivity contribution in [3.63, 3.8) is 0 Å². The van der Waals surface area contributed by atoms with Crippen molar-refractivity contribution < 1.29 is 18.9 Å². The first-order chi connectivity index (χ1) is 18.1. The van der Waals surface area contributed by atoms with Crippen LogP contribution in [0.2, 0.25) is 0 Å². The molecule has 0 saturated heterocycles. The summed E-state index contributed by atoms with van der Waals surface area (Å²) < 4.78 is 27.2. The molecule has 3 N–H and O–H groups in total. The highest BCUT2D eigenvalue weighted by Crippen LogP contribution is 2.33. The molecule has 10 nitrogen and oxygen atoms in total. The van der Waals surface area contributed by atoms with E-state index in [1.165, 1.54) is 36.4 Å². The van der Waals surface area contributed by atoms with E-state index in [-0.39, 0.29) is 33.0 Å². The number of pyridine rings is 1. The zero-order valence-electron chi connectivity index (χ0n) is 20.3. The number of nitrogens with zero attached hydrogens (tertiary/aromatic N) is 3. The van der Waals surface area contributed by atoms with Gasteiger partial charge in [0.1, 0.15) is 17.7 Å². The van der Waals surface area contributed by atoms with E-state index >= 15 is 0 Å². The maximum atomic E-state index is 13.7. The first-order valence-corrected chi connectivity index (χ1v) is 12.7. The Balaban J connectivity index is 2.06. The molecular formula is C27H21N5O5S. The number of aryl methyl sites for hydroxylation is 2. The topological polar surface area (TPSA) is 163 Å². The Morgan fingerprint density at radius 3 is 1.84 bits per heavy atom. The Morgan fingerprint density at radius 1 is 0.842 bits per heavy atom. The van der Waals surface area contributed by atoms with Crippen molar-refractivity contribution in [1.82, 2.24) is 4.68 Å². The lowest BCUT2D eigenvalue weighted by Crippen LogP contribution is -2.99. The fourth-order valence-corrected chi connectivity index (χ4v) is 4.93. The monoisotopic (exact) mass is 527 g/mol. The third-order valence-electron chi connectivity index (χ3n) is 5.89. The lowest BCUT2D eigenvalue weighted by molar-refractivity contribution is -0.991. The molecule has 0 amide bonds. The van der Waals surface area contributed by atoms with Crippen molar-refractivity contribution in [2.24, 2.45) is 0 Å². The van der Waals surface area contributed by atoms with Crippen molar-refractivity contribution in [3.8, 4) is 34.5 Å². The summed E-state index contributed by atoms with van der Waals surface area (Å²) in [6.07, 6.45) is 0. The van der Waals surface area contributed by atoms with E-state index in [0.717, 1.165) is 11.1 Å². The molecule has 38 heavy (non-hydrogen) atoms. The van der Waals surface area contributed by atoms with Gasteiger partial charge in [0.2, 0.25) is 0 Å². The number of hydrogen-bond acceptors (Lipinski definition) is 7. The highest BCUT2D eigenvalue weighted by Gasteiger charge is 2.27. The summed E-state index contributed by atoms with van der Waals surface area (Å²) in [5.41, 5.74) is 0.594. The number of quaternary nitrogens is 1. The van der Waals surface area contributed by atoms with Crippen LogP contribution in [-0.4, -0.2) is 18.3 Å². The van der Waals surface area contributed by atoms with Gasteiger partial charge >= 0.3 is 0 Å². The molecule has 1 unspecified atom stereocenters. The summed E-state index contributed by atoms with van der Waals surface area (Å²) in [4.78, 5) is 15.8. The van der Waals surface area contributed by atoms with Gasteiger partial charge in [-0.05, 0) is 43.7 Å². The Hall–Kier alpha value is -4.78. The molecule has 4 rings (SSSR count). The highest BCUT2D eigenvalue weighted by molar-refractivity contribution is 7.92. The maximum absolute atomic E-state index is 13.7. The molecule has 0 spiro atoms. The second kappa shape index (κ2) is 10.3. The van der Waals surface area contributed by atoms with Crippen LogP contribution in [0.5, 0.6) is 0 Å². The maximum Gasteiger partial charge on any atom is 0.288 e. The fraction of sp³-hybridized carbons (Fsp3) is 0.0741. The van der Waals surface area contributed by atoms with E-state index in [9.17, 15) is 34.2 Å². The van der Waals surface area contributed by atoms with Crippen molar-refractivity contribution in [1.29, 1.82) is 10.5 Å². The molecule has 0 saturated carbocycles. The molecular weight excluding hydrogens is 506 g/mol. The highest BCUT2D eigenvalue weighted by atomic mass is 32.2. The molecule has 11 heteroatoms. The Morgan fingerprint density at radius 2 is 1.34 bits per heavy atom. The van der Waals surface area contributed by atoms with Gasteiger partial charge in [0.25, 0.3) is 15.6 Å². The first-order valence-electron chi connectivity index (χ1n) is 11.2. The Bertz CT molecular complexity index is 1760. The second-order valence-corrected chi connectivity index (χ2v) is 10.2. The molecule has 1 heterocycles. The predicted octanol–water partition coefficient (Wildman–Crippen LogP) is 2.88. The average molecular weight is 528 g/mol. The van der Waals surface area contributed by atoms with E-state index in [2.05, 4.69) is 4.83 Å². The van der Waals surface area contributed by atoms with Crippen molar-refractivity contribution in [3.05, 3.63) is 111 Å². The van der Waals surface area contributed by atoms with Gasteiger partial charge in [-0.1, -0.05) is 47.5 Å². The summed E-state index contributed by atoms with van der Waals surface area (Å²) >= 11 is 0. The minimum absolute atomic E-state index is 0.0243. The van der Waals surface area contributed by atoms with E-state index in [1.54, 1.807) is 49.4 Å². The minimum atomic E-state index is -4.30. The summed E-state index contributed by atoms with van der Waals surface area (Å²) in [7, 11) is -4.30. The van der Waals surface area contributed by atoms with Crippen LogP contribution in [0.3, 0.4) is 0 Å². The van der Waals surface area contributed by atoms with Gasteiger partial charge in [0, 0.05) is 23.3 Å². The van der Waals surface area contributed by atoms with Crippen LogP contribution in [0.25, 0.3) is 22.4 Å². The molecule has 1 atom stereocenters. The third kappa shape index (κ3) is 4.91. The van der Waals surface area contributed by atoms with Crippen LogP contribution in [-0.2, 0) is 10.0 Å². The molecule has 0 aliphatic rings. The molecule has 0 aliphatic carbocycles. The fourth-order valence-electron chi connectivity index (χ4n) is 3.92. The van der Waals surface area contributed by atoms with Crippen LogP contribution in [0.15, 0.2) is 82.5 Å². The van der Waals surface area contributed by atoms with E-state index in [4.69, 9.17) is 0 Å². The zero-order chi connectivity index (χ0) is 27.6. The van der Waals surface area contributed by atoms with Crippen LogP contribution in [0, 0.1) is 41.7 Å². The molecule has 1 aromatic heterocycles. The molecule has 0 fully saturated rings. The normalized spacial score (nSPS) is 11.8. The van der Waals surface area contributed by atoms with E-state index in [1.807, 2.05) is 13.0 Å². The van der Waals surface area contributed by atoms with Gasteiger partial charge in [-0.3, -0.25) is 4.79 Å². The molecule has 0 radical (unpaired) electrons. The van der Waals surface area contributed by atoms with Gasteiger partial charge in [-0.15, -0.1) is 0 Å². The SMILES string of the molecule is Cc1ccc(-c2c(C#N)c(-c3ccc([NH+]([O-])O)cc3)c(C#N)c(=O)n2NS(=O)(=O)c2ccc(C)cc2)cc1. The van der Waals surface area contributed by atoms with Crippen LogP contribution in [0.1, 0.15) is 22.3 Å². The van der Waals surface area contributed by atoms with Crippen LogP contribution >= 0.6 is 0 Å². The van der Waals surface area contributed by atoms with E-state index in [0.29, 0.717) is 10.2 Å². The van der Waals surface area contributed by atoms with Crippen molar-refractivity contribution in [2.45, 2.75) is 18.7 Å². The second-order valence-electron chi connectivity index (χ2n) is 8.49. The first kappa shape index (κ1) is 26.3. The number of rotatable bonds is 6. The van der Waals surface area contributed by atoms with E-state index < -0.39 is 26.4 Å². The zero-order valence-corrected chi connectivity index (χ0v) is 21.1.